The van der Waals surface area contributed by atoms with Gasteiger partial charge in [0.15, 0.2) is 0 Å². The van der Waals surface area contributed by atoms with E-state index in [2.05, 4.69) is 10.2 Å². The number of amides is 1. The molecule has 2 atom stereocenters. The van der Waals surface area contributed by atoms with Crippen LogP contribution in [-0.4, -0.2) is 34.2 Å². The largest absolute Gasteiger partial charge is 0.493 e. The van der Waals surface area contributed by atoms with Gasteiger partial charge in [-0.25, -0.2) is 4.39 Å². The van der Waals surface area contributed by atoms with Crippen molar-refractivity contribution in [2.24, 2.45) is 5.92 Å². The molecule has 1 fully saturated rings. The van der Waals surface area contributed by atoms with E-state index in [4.69, 9.17) is 9.15 Å². The molecule has 6 nitrogen and oxygen atoms in total. The lowest BCUT2D eigenvalue weighted by atomic mass is 9.88. The number of rotatable bonds is 3. The molecule has 2 aliphatic rings. The van der Waals surface area contributed by atoms with Crippen LogP contribution in [0.15, 0.2) is 16.5 Å². The van der Waals surface area contributed by atoms with Crippen LogP contribution in [0.4, 0.5) is 4.39 Å². The molecule has 1 saturated heterocycles. The SMILES string of the molecule is Cc1nnc(CN2C[C@@H](c3cc4c(cc3F)OCC4)[C@H](C)C2=O)o1. The second kappa shape index (κ2) is 5.58. The fourth-order valence-electron chi connectivity index (χ4n) is 3.52. The monoisotopic (exact) mass is 331 g/mol. The molecule has 1 amide bonds. The smallest absolute Gasteiger partial charge is 0.235 e. The van der Waals surface area contributed by atoms with Crippen molar-refractivity contribution in [1.29, 1.82) is 0 Å². The Balaban J connectivity index is 1.59. The molecule has 1 aromatic heterocycles. The van der Waals surface area contributed by atoms with Crippen molar-refractivity contribution < 1.29 is 18.3 Å². The molecule has 0 radical (unpaired) electrons. The molecule has 4 rings (SSSR count). The minimum atomic E-state index is -0.309. The number of likely N-dealkylation sites (tertiary alicyclic amines) is 1. The van der Waals surface area contributed by atoms with E-state index in [1.807, 2.05) is 13.0 Å². The van der Waals surface area contributed by atoms with Gasteiger partial charge in [-0.1, -0.05) is 6.92 Å². The average Bonchev–Trinajstić information content (AvgIpc) is 3.23. The van der Waals surface area contributed by atoms with Crippen molar-refractivity contribution in [3.63, 3.8) is 0 Å². The van der Waals surface area contributed by atoms with E-state index in [0.717, 1.165) is 12.0 Å². The second-order valence-electron chi connectivity index (χ2n) is 6.41. The quantitative estimate of drug-likeness (QED) is 0.862. The van der Waals surface area contributed by atoms with Gasteiger partial charge in [-0.05, 0) is 17.2 Å². The third-order valence-electron chi connectivity index (χ3n) is 4.82. The zero-order chi connectivity index (χ0) is 16.8. The van der Waals surface area contributed by atoms with Crippen molar-refractivity contribution in [1.82, 2.24) is 15.1 Å². The molecular weight excluding hydrogens is 313 g/mol. The van der Waals surface area contributed by atoms with E-state index in [-0.39, 0.29) is 30.1 Å². The van der Waals surface area contributed by atoms with E-state index in [9.17, 15) is 9.18 Å². The third-order valence-corrected chi connectivity index (χ3v) is 4.82. The predicted molar refractivity (Wildman–Crippen MR) is 82.0 cm³/mol. The minimum absolute atomic E-state index is 0.0213. The summed E-state index contributed by atoms with van der Waals surface area (Å²) in [6, 6.07) is 3.30. The molecule has 0 spiro atoms. The number of fused-ring (bicyclic) bond motifs is 1. The number of hydrogen-bond donors (Lipinski definition) is 0. The van der Waals surface area contributed by atoms with Crippen LogP contribution in [0.5, 0.6) is 5.75 Å². The molecule has 2 aromatic rings. The molecule has 0 unspecified atom stereocenters. The van der Waals surface area contributed by atoms with Crippen LogP contribution in [0.3, 0.4) is 0 Å². The number of aromatic nitrogens is 2. The highest BCUT2D eigenvalue weighted by atomic mass is 19.1. The van der Waals surface area contributed by atoms with Gasteiger partial charge in [0.1, 0.15) is 11.6 Å². The first-order valence-corrected chi connectivity index (χ1v) is 8.06. The van der Waals surface area contributed by atoms with Gasteiger partial charge in [0.05, 0.1) is 13.2 Å². The van der Waals surface area contributed by atoms with Crippen molar-refractivity contribution in [3.05, 3.63) is 40.9 Å². The number of hydrogen-bond acceptors (Lipinski definition) is 5. The van der Waals surface area contributed by atoms with Crippen molar-refractivity contribution in [2.75, 3.05) is 13.2 Å². The standard InChI is InChI=1S/C17H18FN3O3/c1-9-13(12-5-11-3-4-23-15(11)6-14(12)18)7-21(17(9)22)8-16-20-19-10(2)24-16/h5-6,9,13H,3-4,7-8H2,1-2H3/t9-,13+/m0/s1. The number of benzene rings is 1. The summed E-state index contributed by atoms with van der Waals surface area (Å²) in [5.41, 5.74) is 1.60. The third kappa shape index (κ3) is 2.44. The highest BCUT2D eigenvalue weighted by Crippen LogP contribution is 2.38. The number of halogens is 1. The number of carbonyl (C=O) groups excluding carboxylic acids is 1. The van der Waals surface area contributed by atoms with Gasteiger partial charge in [-0.15, -0.1) is 10.2 Å². The van der Waals surface area contributed by atoms with Gasteiger partial charge < -0.3 is 14.1 Å². The number of carbonyl (C=O) groups is 1. The zero-order valence-corrected chi connectivity index (χ0v) is 13.6. The lowest BCUT2D eigenvalue weighted by molar-refractivity contribution is -0.131. The fraction of sp³-hybridized carbons (Fsp3) is 0.471. The molecule has 24 heavy (non-hydrogen) atoms. The minimum Gasteiger partial charge on any atom is -0.493 e. The summed E-state index contributed by atoms with van der Waals surface area (Å²) in [7, 11) is 0. The maximum absolute atomic E-state index is 14.5. The lowest BCUT2D eigenvalue weighted by Gasteiger charge is -2.16. The average molecular weight is 331 g/mol. The van der Waals surface area contributed by atoms with Gasteiger partial charge in [0.25, 0.3) is 0 Å². The lowest BCUT2D eigenvalue weighted by Crippen LogP contribution is -2.26. The summed E-state index contributed by atoms with van der Waals surface area (Å²) < 4.78 is 25.3. The van der Waals surface area contributed by atoms with Crippen LogP contribution in [0, 0.1) is 18.7 Å². The summed E-state index contributed by atoms with van der Waals surface area (Å²) in [6.07, 6.45) is 0.780. The molecule has 3 heterocycles. The molecule has 0 saturated carbocycles. The van der Waals surface area contributed by atoms with Crippen LogP contribution in [0.1, 0.15) is 35.7 Å². The summed E-state index contributed by atoms with van der Waals surface area (Å²) in [6.45, 7) is 4.83. The van der Waals surface area contributed by atoms with Gasteiger partial charge in [-0.2, -0.15) is 0 Å². The van der Waals surface area contributed by atoms with Crippen molar-refractivity contribution >= 4 is 5.91 Å². The first kappa shape index (κ1) is 15.1. The van der Waals surface area contributed by atoms with E-state index in [1.54, 1.807) is 11.8 Å². The molecule has 126 valence electrons. The Morgan fingerprint density at radius 3 is 2.96 bits per heavy atom. The highest BCUT2D eigenvalue weighted by molar-refractivity contribution is 5.82. The van der Waals surface area contributed by atoms with Crippen LogP contribution in [-0.2, 0) is 17.8 Å². The van der Waals surface area contributed by atoms with Crippen molar-refractivity contribution in [2.45, 2.75) is 32.7 Å². The Bertz CT molecular complexity index is 804. The van der Waals surface area contributed by atoms with E-state index in [0.29, 0.717) is 36.2 Å². The summed E-state index contributed by atoms with van der Waals surface area (Å²) in [4.78, 5) is 14.2. The Morgan fingerprint density at radius 1 is 1.38 bits per heavy atom. The second-order valence-corrected chi connectivity index (χ2v) is 6.41. The number of ether oxygens (including phenoxy) is 1. The first-order valence-electron chi connectivity index (χ1n) is 8.06. The van der Waals surface area contributed by atoms with Crippen LogP contribution < -0.4 is 4.74 Å². The number of aryl methyl sites for hydroxylation is 1. The highest BCUT2D eigenvalue weighted by Gasteiger charge is 2.40. The molecule has 7 heteroatoms. The summed E-state index contributed by atoms with van der Waals surface area (Å²) in [5.74, 6) is 0.674. The fourth-order valence-corrected chi connectivity index (χ4v) is 3.52. The maximum atomic E-state index is 14.5. The zero-order valence-electron chi connectivity index (χ0n) is 13.6. The molecule has 0 aliphatic carbocycles. The Morgan fingerprint density at radius 2 is 2.21 bits per heavy atom. The van der Waals surface area contributed by atoms with E-state index >= 15 is 0 Å². The maximum Gasteiger partial charge on any atom is 0.235 e. The first-order chi connectivity index (χ1) is 11.5. The van der Waals surface area contributed by atoms with Gasteiger partial charge in [0.2, 0.25) is 17.7 Å². The van der Waals surface area contributed by atoms with Gasteiger partial charge in [0, 0.05) is 37.8 Å². The van der Waals surface area contributed by atoms with Gasteiger partial charge in [-0.3, -0.25) is 4.79 Å². The molecule has 0 N–H and O–H groups in total. The normalized spacial score (nSPS) is 22.8. The van der Waals surface area contributed by atoms with Gasteiger partial charge >= 0.3 is 0 Å². The molecule has 2 aliphatic heterocycles. The summed E-state index contributed by atoms with van der Waals surface area (Å²) >= 11 is 0. The van der Waals surface area contributed by atoms with E-state index in [1.165, 1.54) is 6.07 Å². The Labute approximate surface area is 138 Å². The Hall–Kier alpha value is -2.44. The molecule has 1 aromatic carbocycles. The van der Waals surface area contributed by atoms with Crippen LogP contribution in [0.25, 0.3) is 0 Å². The number of nitrogens with zero attached hydrogens (tertiary/aromatic N) is 3. The Kier molecular flexibility index (Phi) is 3.51. The molecule has 0 bridgehead atoms. The molecular formula is C17H18FN3O3. The topological polar surface area (TPSA) is 68.5 Å². The van der Waals surface area contributed by atoms with Crippen molar-refractivity contribution in [3.8, 4) is 5.75 Å². The predicted octanol–water partition coefficient (Wildman–Crippen LogP) is 2.21. The van der Waals surface area contributed by atoms with E-state index < -0.39 is 0 Å². The van der Waals surface area contributed by atoms with Crippen LogP contribution in [0.2, 0.25) is 0 Å². The summed E-state index contributed by atoms with van der Waals surface area (Å²) in [5, 5.41) is 7.71. The van der Waals surface area contributed by atoms with Crippen LogP contribution >= 0.6 is 0 Å².